The average molecular weight is 333 g/mol. The molecule has 8 nitrogen and oxygen atoms in total. The van der Waals surface area contributed by atoms with Crippen LogP contribution in [0.15, 0.2) is 24.3 Å². The summed E-state index contributed by atoms with van der Waals surface area (Å²) < 4.78 is 0. The maximum atomic E-state index is 12.3. The summed E-state index contributed by atoms with van der Waals surface area (Å²) >= 11 is 0. The van der Waals surface area contributed by atoms with Gasteiger partial charge in [-0.25, -0.2) is 4.79 Å². The second-order valence-corrected chi connectivity index (χ2v) is 5.41. The number of fused-ring (bicyclic) bond motifs is 1. The molecule has 8 heteroatoms. The van der Waals surface area contributed by atoms with E-state index in [-0.39, 0.29) is 37.6 Å². The fourth-order valence-corrected chi connectivity index (χ4v) is 2.42. The number of amides is 3. The summed E-state index contributed by atoms with van der Waals surface area (Å²) in [5.74, 6) is -2.29. The number of rotatable bonds is 6. The van der Waals surface area contributed by atoms with Crippen molar-refractivity contribution in [3.63, 3.8) is 0 Å². The minimum absolute atomic E-state index is 0.107. The highest BCUT2D eigenvalue weighted by Crippen LogP contribution is 2.29. The van der Waals surface area contributed by atoms with Crippen LogP contribution in [0.25, 0.3) is 0 Å². The molecule has 0 aliphatic carbocycles. The summed E-state index contributed by atoms with van der Waals surface area (Å²) in [6.45, 7) is 1.54. The van der Waals surface area contributed by atoms with Crippen LogP contribution in [0.2, 0.25) is 0 Å². The zero-order chi connectivity index (χ0) is 17.7. The third kappa shape index (κ3) is 4.09. The van der Waals surface area contributed by atoms with E-state index in [0.717, 1.165) is 0 Å². The van der Waals surface area contributed by atoms with Crippen LogP contribution in [-0.4, -0.2) is 41.4 Å². The van der Waals surface area contributed by atoms with Crippen LogP contribution in [-0.2, 0) is 19.2 Å². The van der Waals surface area contributed by atoms with Crippen molar-refractivity contribution in [1.82, 2.24) is 5.32 Å². The third-order valence-electron chi connectivity index (χ3n) is 3.68. The molecule has 3 amide bonds. The smallest absolute Gasteiger partial charge is 0.326 e. The largest absolute Gasteiger partial charge is 0.480 e. The SMILES string of the molecule is CCC(NC(=O)CCC(=O)N1CC(=O)Nc2ccccc21)C(=O)O. The molecule has 0 bridgehead atoms. The Morgan fingerprint density at radius 3 is 2.67 bits per heavy atom. The van der Waals surface area contributed by atoms with Crippen molar-refractivity contribution in [2.75, 3.05) is 16.8 Å². The number of carboxylic acid groups (broad SMARTS) is 1. The zero-order valence-corrected chi connectivity index (χ0v) is 13.2. The molecule has 128 valence electrons. The molecular formula is C16H19N3O5. The number of carbonyl (C=O) groups excluding carboxylic acids is 3. The van der Waals surface area contributed by atoms with Gasteiger partial charge in [0.1, 0.15) is 12.6 Å². The summed E-state index contributed by atoms with van der Waals surface area (Å²) in [6.07, 6.45) is 0.0150. The van der Waals surface area contributed by atoms with Gasteiger partial charge in [-0.15, -0.1) is 0 Å². The summed E-state index contributed by atoms with van der Waals surface area (Å²) in [5, 5.41) is 13.9. The number of benzene rings is 1. The number of nitrogens with zero attached hydrogens (tertiary/aromatic N) is 1. The standard InChI is InChI=1S/C16H19N3O5/c1-2-10(16(23)24)17-13(20)7-8-15(22)19-9-14(21)18-11-5-3-4-6-12(11)19/h3-6,10H,2,7-9H2,1H3,(H,17,20)(H,18,21)(H,23,24). The molecule has 0 saturated heterocycles. The van der Waals surface area contributed by atoms with Crippen molar-refractivity contribution in [3.05, 3.63) is 24.3 Å². The number of carboxylic acids is 1. The topological polar surface area (TPSA) is 116 Å². The molecule has 1 aromatic carbocycles. The number of para-hydroxylation sites is 2. The predicted octanol–water partition coefficient (Wildman–Crippen LogP) is 0.731. The molecule has 1 aliphatic rings. The molecule has 0 spiro atoms. The van der Waals surface area contributed by atoms with Crippen LogP contribution >= 0.6 is 0 Å². The number of nitrogens with one attached hydrogen (secondary N) is 2. The van der Waals surface area contributed by atoms with Gasteiger partial charge < -0.3 is 20.6 Å². The second kappa shape index (κ2) is 7.58. The Kier molecular flexibility index (Phi) is 5.51. The van der Waals surface area contributed by atoms with Crippen LogP contribution < -0.4 is 15.5 Å². The van der Waals surface area contributed by atoms with Gasteiger partial charge in [0.15, 0.2) is 0 Å². The number of aliphatic carboxylic acids is 1. The number of anilines is 2. The van der Waals surface area contributed by atoms with Crippen molar-refractivity contribution in [2.45, 2.75) is 32.2 Å². The van der Waals surface area contributed by atoms with Crippen molar-refractivity contribution in [1.29, 1.82) is 0 Å². The van der Waals surface area contributed by atoms with E-state index >= 15 is 0 Å². The fraction of sp³-hybridized carbons (Fsp3) is 0.375. The number of hydrogen-bond donors (Lipinski definition) is 3. The van der Waals surface area contributed by atoms with Crippen LogP contribution in [0.3, 0.4) is 0 Å². The second-order valence-electron chi connectivity index (χ2n) is 5.41. The fourth-order valence-electron chi connectivity index (χ4n) is 2.42. The molecular weight excluding hydrogens is 314 g/mol. The minimum atomic E-state index is -1.11. The third-order valence-corrected chi connectivity index (χ3v) is 3.68. The summed E-state index contributed by atoms with van der Waals surface area (Å²) in [6, 6.07) is 5.94. The Labute approximate surface area is 138 Å². The molecule has 1 aromatic rings. The van der Waals surface area contributed by atoms with Gasteiger partial charge in [-0.05, 0) is 18.6 Å². The summed E-state index contributed by atoms with van der Waals surface area (Å²) in [4.78, 5) is 48.0. The Bertz CT molecular complexity index is 673. The maximum absolute atomic E-state index is 12.3. The molecule has 0 saturated carbocycles. The van der Waals surface area contributed by atoms with Gasteiger partial charge in [-0.1, -0.05) is 19.1 Å². The highest BCUT2D eigenvalue weighted by atomic mass is 16.4. The monoisotopic (exact) mass is 333 g/mol. The van der Waals surface area contributed by atoms with Gasteiger partial charge in [0.2, 0.25) is 17.7 Å². The van der Waals surface area contributed by atoms with Gasteiger partial charge in [0.05, 0.1) is 11.4 Å². The lowest BCUT2D eigenvalue weighted by Gasteiger charge is -2.29. The lowest BCUT2D eigenvalue weighted by Crippen LogP contribution is -2.43. The van der Waals surface area contributed by atoms with Gasteiger partial charge >= 0.3 is 5.97 Å². The quantitative estimate of drug-likeness (QED) is 0.710. The first-order valence-electron chi connectivity index (χ1n) is 7.63. The Balaban J connectivity index is 1.97. The van der Waals surface area contributed by atoms with Crippen molar-refractivity contribution in [3.8, 4) is 0 Å². The highest BCUT2D eigenvalue weighted by molar-refractivity contribution is 6.10. The van der Waals surface area contributed by atoms with Crippen LogP contribution in [0, 0.1) is 0 Å². The van der Waals surface area contributed by atoms with Crippen molar-refractivity contribution < 1.29 is 24.3 Å². The first-order valence-corrected chi connectivity index (χ1v) is 7.63. The molecule has 0 fully saturated rings. The molecule has 0 radical (unpaired) electrons. The minimum Gasteiger partial charge on any atom is -0.480 e. The summed E-state index contributed by atoms with van der Waals surface area (Å²) in [7, 11) is 0. The van der Waals surface area contributed by atoms with Gasteiger partial charge in [0.25, 0.3) is 0 Å². The first kappa shape index (κ1) is 17.5. The first-order chi connectivity index (χ1) is 11.4. The molecule has 1 aliphatic heterocycles. The van der Waals surface area contributed by atoms with E-state index in [0.29, 0.717) is 11.4 Å². The molecule has 0 aromatic heterocycles. The van der Waals surface area contributed by atoms with E-state index in [1.165, 1.54) is 4.90 Å². The molecule has 1 atom stereocenters. The van der Waals surface area contributed by atoms with Crippen molar-refractivity contribution in [2.24, 2.45) is 0 Å². The molecule has 1 unspecified atom stereocenters. The van der Waals surface area contributed by atoms with Crippen LogP contribution in [0.1, 0.15) is 26.2 Å². The van der Waals surface area contributed by atoms with E-state index in [1.807, 2.05) is 0 Å². The maximum Gasteiger partial charge on any atom is 0.326 e. The number of hydrogen-bond acceptors (Lipinski definition) is 4. The van der Waals surface area contributed by atoms with E-state index < -0.39 is 17.9 Å². The Hall–Kier alpha value is -2.90. The van der Waals surface area contributed by atoms with Gasteiger partial charge in [0, 0.05) is 12.8 Å². The lowest BCUT2D eigenvalue weighted by atomic mass is 10.1. The highest BCUT2D eigenvalue weighted by Gasteiger charge is 2.27. The molecule has 24 heavy (non-hydrogen) atoms. The van der Waals surface area contributed by atoms with Crippen LogP contribution in [0.5, 0.6) is 0 Å². The normalized spacial score (nSPS) is 14.4. The summed E-state index contributed by atoms with van der Waals surface area (Å²) in [5.41, 5.74) is 1.13. The lowest BCUT2D eigenvalue weighted by molar-refractivity contribution is -0.141. The molecule has 2 rings (SSSR count). The Morgan fingerprint density at radius 1 is 1.29 bits per heavy atom. The van der Waals surface area contributed by atoms with Crippen LogP contribution in [0.4, 0.5) is 11.4 Å². The van der Waals surface area contributed by atoms with E-state index in [1.54, 1.807) is 31.2 Å². The predicted molar refractivity (Wildman–Crippen MR) is 86.5 cm³/mol. The van der Waals surface area contributed by atoms with E-state index in [9.17, 15) is 19.2 Å². The van der Waals surface area contributed by atoms with Gasteiger partial charge in [-0.3, -0.25) is 14.4 Å². The number of carbonyl (C=O) groups is 4. The van der Waals surface area contributed by atoms with E-state index in [2.05, 4.69) is 10.6 Å². The molecule has 3 N–H and O–H groups in total. The van der Waals surface area contributed by atoms with Gasteiger partial charge in [-0.2, -0.15) is 0 Å². The average Bonchev–Trinajstić information content (AvgIpc) is 2.56. The van der Waals surface area contributed by atoms with Crippen molar-refractivity contribution >= 4 is 35.1 Å². The molecule has 1 heterocycles. The Morgan fingerprint density at radius 2 is 2.00 bits per heavy atom. The zero-order valence-electron chi connectivity index (χ0n) is 13.2. The van der Waals surface area contributed by atoms with E-state index in [4.69, 9.17) is 5.11 Å².